The van der Waals surface area contributed by atoms with E-state index in [0.717, 1.165) is 57.8 Å². The van der Waals surface area contributed by atoms with E-state index in [0.29, 0.717) is 57.1 Å². The van der Waals surface area contributed by atoms with Gasteiger partial charge in [0.05, 0.1) is 48.0 Å². The molecule has 69 heavy (non-hydrogen) atoms. The van der Waals surface area contributed by atoms with Crippen molar-refractivity contribution in [2.24, 2.45) is 11.3 Å². The lowest BCUT2D eigenvalue weighted by Crippen LogP contribution is -2.70. The Morgan fingerprint density at radius 1 is 1.07 bits per heavy atom. The number of cyclic esters (lactones) is 1. The molecular weight excluding hydrogens is 975 g/mol. The molecule has 6 bridgehead atoms. The number of aryl methyl sites for hydroxylation is 1. The summed E-state index contributed by atoms with van der Waals surface area (Å²) in [6.45, 7) is 16.1. The summed E-state index contributed by atoms with van der Waals surface area (Å²) in [5.74, 6) is -1.56. The first-order valence-corrected chi connectivity index (χ1v) is 23.9. The normalized spacial score (nSPS) is 21.0. The number of nitrogens with zero attached hydrogens (tertiary/aromatic N) is 7. The van der Waals surface area contributed by atoms with Crippen molar-refractivity contribution in [2.75, 3.05) is 67.1 Å². The lowest BCUT2D eigenvalue weighted by molar-refractivity contribution is -0.171. The third kappa shape index (κ3) is 12.1. The number of hydrogen-bond acceptors (Lipinski definition) is 12. The molecule has 3 fully saturated rings. The first kappa shape index (κ1) is 58.0. The van der Waals surface area contributed by atoms with Crippen LogP contribution >= 0.6 is 65.3 Å². The van der Waals surface area contributed by atoms with E-state index in [1.807, 2.05) is 39.3 Å². The predicted molar refractivity (Wildman–Crippen MR) is 290 cm³/mol. The van der Waals surface area contributed by atoms with Gasteiger partial charge in [-0.05, 0) is 75.9 Å². The van der Waals surface area contributed by atoms with Crippen molar-refractivity contribution in [2.45, 2.75) is 104 Å². The fraction of sp³-hybridized carbons (Fsp3) is 0.583. The molecule has 1 aromatic carbocycles. The Labute approximate surface area is 438 Å². The zero-order valence-corrected chi connectivity index (χ0v) is 46.1. The standard InChI is InChI=1S/C48H65N9O7S.4H2S/c1-10-56-38-16-15-31-21-33(38)34(42(56)32-13-11-17-49-40(32)30(4)62-9)23-47(5,6)28-63-45(60)35-14-12-18-57(52-35)44(59)36(22-39-50-37(31)24-65-39)51-43(58)41(29(2)3)54(8)46(61)55-19-20-64-48(27-55)25-53(7)26-48;;;;/h11,13,15-17,21,24,29-30,35-36,41,52H,10,12,14,18-20,22-23,25-28H2,1-9H3,(H,51,58);4*1H2/t30-,35-,36-,41-;;;;/m0..../s1. The van der Waals surface area contributed by atoms with Crippen LogP contribution in [-0.4, -0.2) is 149 Å². The van der Waals surface area contributed by atoms with Gasteiger partial charge in [-0.3, -0.25) is 24.4 Å². The number of methoxy groups -OCH3 is 1. The summed E-state index contributed by atoms with van der Waals surface area (Å²) in [5.41, 5.74) is 8.98. The summed E-state index contributed by atoms with van der Waals surface area (Å²) in [4.78, 5) is 72.5. The van der Waals surface area contributed by atoms with E-state index in [1.165, 1.54) is 21.2 Å². The van der Waals surface area contributed by atoms with Gasteiger partial charge in [0.25, 0.3) is 5.91 Å². The molecule has 3 aromatic heterocycles. The number of carbonyl (C=O) groups excluding carboxylic acids is 4. The minimum atomic E-state index is -1.05. The summed E-state index contributed by atoms with van der Waals surface area (Å²) < 4.78 is 20.4. The van der Waals surface area contributed by atoms with Crippen LogP contribution in [-0.2, 0) is 48.0 Å². The maximum absolute atomic E-state index is 14.7. The molecule has 8 rings (SSSR count). The SMILES string of the molecule is CCn1c(-c2cccnc2[C@H](C)OC)c2c3cc(ccc31)-c1csc(n1)C[C@H](NC(=O)[C@H](C(C)C)N(C)C(=O)N1CCOC3(CN(C)C3)C1)C(=O)N1CCC[C@H](N1)C(=O)OCC(C)(C)C2.S.S.S.S. The molecule has 16 nitrogen and oxygen atoms in total. The van der Waals surface area contributed by atoms with Gasteiger partial charge in [-0.15, -0.1) is 11.3 Å². The molecule has 1 spiro atoms. The maximum Gasteiger partial charge on any atom is 0.324 e. The van der Waals surface area contributed by atoms with Gasteiger partial charge in [-0.2, -0.15) is 54.0 Å². The van der Waals surface area contributed by atoms with Crippen LogP contribution in [0.15, 0.2) is 41.9 Å². The number of thiazole rings is 1. The number of pyridine rings is 1. The van der Waals surface area contributed by atoms with Crippen LogP contribution in [0.25, 0.3) is 33.4 Å². The van der Waals surface area contributed by atoms with E-state index in [9.17, 15) is 19.2 Å². The third-order valence-electron chi connectivity index (χ3n) is 13.4. The van der Waals surface area contributed by atoms with E-state index in [1.54, 1.807) is 25.3 Å². The molecule has 4 aromatic rings. The highest BCUT2D eigenvalue weighted by atomic mass is 32.1. The first-order chi connectivity index (χ1) is 31.0. The topological polar surface area (TPSA) is 164 Å². The lowest BCUT2D eigenvalue weighted by Gasteiger charge is -2.53. The average Bonchev–Trinajstić information content (AvgIpc) is 3.88. The molecular formula is C48H73N9O7S5. The summed E-state index contributed by atoms with van der Waals surface area (Å²) in [7, 11) is 5.37. The highest BCUT2D eigenvalue weighted by molar-refractivity contribution is 7.59. The molecule has 4 aliphatic rings. The first-order valence-electron chi connectivity index (χ1n) is 23.0. The van der Waals surface area contributed by atoms with Crippen LogP contribution in [0.1, 0.15) is 76.8 Å². The van der Waals surface area contributed by atoms with E-state index < -0.39 is 46.9 Å². The van der Waals surface area contributed by atoms with Gasteiger partial charge >= 0.3 is 12.0 Å². The number of fused-ring (bicyclic) bond motifs is 6. The van der Waals surface area contributed by atoms with Crippen molar-refractivity contribution in [1.82, 2.24) is 45.0 Å². The van der Waals surface area contributed by atoms with Gasteiger partial charge in [0.15, 0.2) is 0 Å². The van der Waals surface area contributed by atoms with Crippen molar-refractivity contribution >= 4 is 100 Å². The number of benzene rings is 1. The smallest absolute Gasteiger partial charge is 0.324 e. The van der Waals surface area contributed by atoms with E-state index in [4.69, 9.17) is 24.2 Å². The number of likely N-dealkylation sites (tertiary alicyclic amines) is 1. The van der Waals surface area contributed by atoms with Crippen molar-refractivity contribution in [3.63, 3.8) is 0 Å². The number of rotatable bonds is 8. The van der Waals surface area contributed by atoms with Gasteiger partial charge < -0.3 is 38.8 Å². The second-order valence-corrected chi connectivity index (χ2v) is 20.4. The lowest BCUT2D eigenvalue weighted by atomic mass is 9.84. The van der Waals surface area contributed by atoms with E-state index in [-0.39, 0.29) is 85.1 Å². The fourth-order valence-electron chi connectivity index (χ4n) is 10.2. The molecule has 0 unspecified atom stereocenters. The van der Waals surface area contributed by atoms with Gasteiger partial charge in [-0.1, -0.05) is 33.8 Å². The molecule has 4 atom stereocenters. The van der Waals surface area contributed by atoms with Gasteiger partial charge in [-0.25, -0.2) is 15.2 Å². The Bertz CT molecular complexity index is 2440. The minimum absolute atomic E-state index is 0. The molecule has 2 N–H and O–H groups in total. The number of esters is 1. The molecule has 0 saturated carbocycles. The largest absolute Gasteiger partial charge is 0.464 e. The summed E-state index contributed by atoms with van der Waals surface area (Å²) in [6, 6.07) is 7.51. The minimum Gasteiger partial charge on any atom is -0.464 e. The number of hydrogen-bond donors (Lipinski definition) is 2. The number of carbonyl (C=O) groups is 4. The predicted octanol–water partition coefficient (Wildman–Crippen LogP) is 5.75. The number of likely N-dealkylation sites (N-methyl/N-ethyl adjacent to an activating group) is 2. The third-order valence-corrected chi connectivity index (χ3v) is 14.3. The van der Waals surface area contributed by atoms with Gasteiger partial charge in [0, 0.05) is 92.3 Å². The van der Waals surface area contributed by atoms with Crippen LogP contribution < -0.4 is 10.7 Å². The van der Waals surface area contributed by atoms with Gasteiger partial charge in [0.2, 0.25) is 5.91 Å². The summed E-state index contributed by atoms with van der Waals surface area (Å²) >= 11 is 1.43. The molecule has 0 radical (unpaired) electrons. The average molecular weight is 1050 g/mol. The van der Waals surface area contributed by atoms with Crippen LogP contribution in [0.2, 0.25) is 0 Å². The Kier molecular flexibility index (Phi) is 20.0. The second-order valence-electron chi connectivity index (χ2n) is 19.5. The molecule has 4 aliphatic heterocycles. The van der Waals surface area contributed by atoms with E-state index >= 15 is 0 Å². The summed E-state index contributed by atoms with van der Waals surface area (Å²) in [6.07, 6.45) is 3.28. The number of amides is 4. The molecule has 21 heteroatoms. The van der Waals surface area contributed by atoms with Crippen molar-refractivity contribution in [3.05, 3.63) is 58.2 Å². The highest BCUT2D eigenvalue weighted by Gasteiger charge is 2.48. The number of ether oxygens (including phenoxy) is 3. The van der Waals surface area contributed by atoms with Crippen molar-refractivity contribution in [3.8, 4) is 22.5 Å². The number of urea groups is 1. The monoisotopic (exact) mass is 1050 g/mol. The highest BCUT2D eigenvalue weighted by Crippen LogP contribution is 2.42. The number of aromatic nitrogens is 3. The number of nitrogens with one attached hydrogen (secondary N) is 2. The van der Waals surface area contributed by atoms with Crippen molar-refractivity contribution < 1.29 is 33.4 Å². The van der Waals surface area contributed by atoms with Crippen LogP contribution in [0.5, 0.6) is 0 Å². The van der Waals surface area contributed by atoms with E-state index in [2.05, 4.69) is 65.2 Å². The molecule has 382 valence electrons. The zero-order chi connectivity index (χ0) is 46.4. The molecule has 3 saturated heterocycles. The molecule has 4 amide bonds. The number of hydrazine groups is 1. The fourth-order valence-corrected chi connectivity index (χ4v) is 11.1. The zero-order valence-electron chi connectivity index (χ0n) is 41.3. The quantitative estimate of drug-likeness (QED) is 0.207. The van der Waals surface area contributed by atoms with Crippen LogP contribution in [0.4, 0.5) is 4.79 Å². The molecule has 7 heterocycles. The molecule has 0 aliphatic carbocycles. The summed E-state index contributed by atoms with van der Waals surface area (Å²) in [5, 5.41) is 8.22. The Hall–Kier alpha value is -3.54. The van der Waals surface area contributed by atoms with Gasteiger partial charge in [0.1, 0.15) is 23.7 Å². The Morgan fingerprint density at radius 3 is 2.49 bits per heavy atom. The Balaban J connectivity index is 0.00000259. The Morgan fingerprint density at radius 2 is 1.81 bits per heavy atom. The number of morpholine rings is 1. The maximum atomic E-state index is 14.7. The van der Waals surface area contributed by atoms with Crippen molar-refractivity contribution in [1.29, 1.82) is 0 Å². The second kappa shape index (κ2) is 23.8. The van der Waals surface area contributed by atoms with Crippen LogP contribution in [0, 0.1) is 11.3 Å². The van der Waals surface area contributed by atoms with Crippen LogP contribution in [0.3, 0.4) is 0 Å².